The molecule has 1 aliphatic rings. The van der Waals surface area contributed by atoms with Crippen LogP contribution in [0.2, 0.25) is 0 Å². The zero-order valence-electron chi connectivity index (χ0n) is 10.9. The second kappa shape index (κ2) is 6.03. The molecule has 0 radical (unpaired) electrons. The molecule has 0 unspecified atom stereocenters. The number of ether oxygens (including phenoxy) is 2. The van der Waals surface area contributed by atoms with E-state index in [-0.39, 0.29) is 0 Å². The van der Waals surface area contributed by atoms with Gasteiger partial charge in [-0.05, 0) is 17.7 Å². The van der Waals surface area contributed by atoms with E-state index in [1.54, 1.807) is 6.08 Å². The summed E-state index contributed by atoms with van der Waals surface area (Å²) in [6, 6.07) is 8.17. The summed E-state index contributed by atoms with van der Waals surface area (Å²) in [5.41, 5.74) is 1.59. The van der Waals surface area contributed by atoms with Gasteiger partial charge in [0.2, 0.25) is 0 Å². The molecule has 0 bridgehead atoms. The van der Waals surface area contributed by atoms with E-state index in [1.807, 2.05) is 12.1 Å². The fraction of sp³-hybridized carbons (Fsp3) is 0.467. The Morgan fingerprint density at radius 3 is 2.67 bits per heavy atom. The van der Waals surface area contributed by atoms with Crippen molar-refractivity contribution < 1.29 is 9.47 Å². The van der Waals surface area contributed by atoms with Crippen molar-refractivity contribution in [2.45, 2.75) is 13.5 Å². The van der Waals surface area contributed by atoms with Gasteiger partial charge in [0.05, 0.1) is 13.2 Å². The second-order valence-corrected chi connectivity index (χ2v) is 5.15. The van der Waals surface area contributed by atoms with Crippen molar-refractivity contribution in [1.29, 1.82) is 0 Å². The molecule has 2 rings (SSSR count). The number of benzene rings is 1. The monoisotopic (exact) mass is 247 g/mol. The van der Waals surface area contributed by atoms with Crippen molar-refractivity contribution in [2.75, 3.05) is 26.4 Å². The number of hydrogen-bond donors (Lipinski definition) is 1. The molecule has 0 amide bonds. The Morgan fingerprint density at radius 2 is 2.11 bits per heavy atom. The van der Waals surface area contributed by atoms with Crippen molar-refractivity contribution in [3.8, 4) is 5.75 Å². The van der Waals surface area contributed by atoms with E-state index in [0.29, 0.717) is 12.0 Å². The van der Waals surface area contributed by atoms with E-state index in [0.717, 1.165) is 32.1 Å². The van der Waals surface area contributed by atoms with Gasteiger partial charge >= 0.3 is 0 Å². The molecule has 1 N–H and O–H groups in total. The molecule has 3 nitrogen and oxygen atoms in total. The Balaban J connectivity index is 1.74. The highest BCUT2D eigenvalue weighted by Gasteiger charge is 2.32. The van der Waals surface area contributed by atoms with Gasteiger partial charge < -0.3 is 14.8 Å². The standard InChI is InChI=1S/C15H21NO2/c1-3-8-18-14-6-4-13(5-7-14)9-16-10-15(2)11-17-12-15/h3-7,16H,1,8-12H2,2H3. The predicted octanol–water partition coefficient (Wildman–Crippen LogP) is 2.38. The summed E-state index contributed by atoms with van der Waals surface area (Å²) in [5.74, 6) is 0.887. The van der Waals surface area contributed by atoms with Gasteiger partial charge in [0.1, 0.15) is 12.4 Å². The molecule has 1 saturated heterocycles. The van der Waals surface area contributed by atoms with Crippen LogP contribution in [0.4, 0.5) is 0 Å². The first-order valence-electron chi connectivity index (χ1n) is 6.33. The third-order valence-corrected chi connectivity index (χ3v) is 3.07. The molecule has 1 fully saturated rings. The van der Waals surface area contributed by atoms with Crippen LogP contribution in [-0.2, 0) is 11.3 Å². The molecular weight excluding hydrogens is 226 g/mol. The molecule has 0 spiro atoms. The van der Waals surface area contributed by atoms with Gasteiger partial charge in [0.25, 0.3) is 0 Å². The van der Waals surface area contributed by atoms with Gasteiger partial charge in [-0.2, -0.15) is 0 Å². The van der Waals surface area contributed by atoms with Crippen LogP contribution >= 0.6 is 0 Å². The molecule has 18 heavy (non-hydrogen) atoms. The summed E-state index contributed by atoms with van der Waals surface area (Å²) < 4.78 is 10.7. The summed E-state index contributed by atoms with van der Waals surface area (Å²) >= 11 is 0. The molecule has 98 valence electrons. The molecule has 1 aliphatic heterocycles. The summed E-state index contributed by atoms with van der Waals surface area (Å²) in [4.78, 5) is 0. The molecule has 0 aliphatic carbocycles. The summed E-state index contributed by atoms with van der Waals surface area (Å²) in [5, 5.41) is 3.47. The third kappa shape index (κ3) is 3.59. The summed E-state index contributed by atoms with van der Waals surface area (Å²) in [6.07, 6.45) is 1.75. The first kappa shape index (κ1) is 13.1. The van der Waals surface area contributed by atoms with Crippen LogP contribution in [-0.4, -0.2) is 26.4 Å². The van der Waals surface area contributed by atoms with Crippen molar-refractivity contribution in [3.63, 3.8) is 0 Å². The topological polar surface area (TPSA) is 30.5 Å². The predicted molar refractivity (Wildman–Crippen MR) is 72.8 cm³/mol. The molecule has 1 aromatic carbocycles. The Labute approximate surface area is 109 Å². The Morgan fingerprint density at radius 1 is 1.39 bits per heavy atom. The number of nitrogens with one attached hydrogen (secondary N) is 1. The van der Waals surface area contributed by atoms with E-state index in [1.165, 1.54) is 5.56 Å². The lowest BCUT2D eigenvalue weighted by Gasteiger charge is -2.38. The van der Waals surface area contributed by atoms with Crippen molar-refractivity contribution in [1.82, 2.24) is 5.32 Å². The fourth-order valence-corrected chi connectivity index (χ4v) is 1.92. The minimum Gasteiger partial charge on any atom is -0.490 e. The van der Waals surface area contributed by atoms with Gasteiger partial charge in [-0.1, -0.05) is 31.7 Å². The van der Waals surface area contributed by atoms with Crippen LogP contribution in [0.3, 0.4) is 0 Å². The Hall–Kier alpha value is -1.32. The first-order valence-corrected chi connectivity index (χ1v) is 6.33. The lowest BCUT2D eigenvalue weighted by atomic mass is 9.89. The van der Waals surface area contributed by atoms with Gasteiger partial charge in [-0.15, -0.1) is 0 Å². The average Bonchev–Trinajstić information content (AvgIpc) is 2.36. The molecule has 0 saturated carbocycles. The summed E-state index contributed by atoms with van der Waals surface area (Å²) in [7, 11) is 0. The van der Waals surface area contributed by atoms with Crippen LogP contribution in [0.15, 0.2) is 36.9 Å². The van der Waals surface area contributed by atoms with Crippen molar-refractivity contribution in [2.24, 2.45) is 5.41 Å². The van der Waals surface area contributed by atoms with Crippen molar-refractivity contribution in [3.05, 3.63) is 42.5 Å². The summed E-state index contributed by atoms with van der Waals surface area (Å²) in [6.45, 7) is 10.0. The number of rotatable bonds is 7. The second-order valence-electron chi connectivity index (χ2n) is 5.15. The van der Waals surface area contributed by atoms with E-state index < -0.39 is 0 Å². The van der Waals surface area contributed by atoms with Gasteiger partial charge in [-0.25, -0.2) is 0 Å². The molecule has 1 aromatic rings. The normalized spacial score (nSPS) is 16.9. The molecular formula is C15H21NO2. The fourth-order valence-electron chi connectivity index (χ4n) is 1.92. The maximum atomic E-state index is 5.44. The van der Waals surface area contributed by atoms with Crippen LogP contribution < -0.4 is 10.1 Å². The maximum Gasteiger partial charge on any atom is 0.119 e. The highest BCUT2D eigenvalue weighted by molar-refractivity contribution is 5.27. The smallest absolute Gasteiger partial charge is 0.119 e. The van der Waals surface area contributed by atoms with Crippen molar-refractivity contribution >= 4 is 0 Å². The van der Waals surface area contributed by atoms with Gasteiger partial charge in [0.15, 0.2) is 0 Å². The Bertz CT molecular complexity index is 382. The van der Waals surface area contributed by atoms with Crippen LogP contribution in [0.1, 0.15) is 12.5 Å². The largest absolute Gasteiger partial charge is 0.490 e. The Kier molecular flexibility index (Phi) is 4.39. The maximum absolute atomic E-state index is 5.44. The highest BCUT2D eigenvalue weighted by atomic mass is 16.5. The lowest BCUT2D eigenvalue weighted by Crippen LogP contribution is -2.47. The molecule has 1 heterocycles. The minimum absolute atomic E-state index is 0.326. The molecule has 0 atom stereocenters. The SMILES string of the molecule is C=CCOc1ccc(CNCC2(C)COC2)cc1. The van der Waals surface area contributed by atoms with E-state index in [2.05, 4.69) is 31.0 Å². The zero-order valence-corrected chi connectivity index (χ0v) is 10.9. The van der Waals surface area contributed by atoms with E-state index >= 15 is 0 Å². The van der Waals surface area contributed by atoms with Crippen LogP contribution in [0, 0.1) is 5.41 Å². The third-order valence-electron chi connectivity index (χ3n) is 3.07. The van der Waals surface area contributed by atoms with Crippen LogP contribution in [0.5, 0.6) is 5.75 Å². The average molecular weight is 247 g/mol. The quantitative estimate of drug-likeness (QED) is 0.750. The van der Waals surface area contributed by atoms with Gasteiger partial charge in [0, 0.05) is 18.5 Å². The van der Waals surface area contributed by atoms with Crippen LogP contribution in [0.25, 0.3) is 0 Å². The minimum atomic E-state index is 0.326. The highest BCUT2D eigenvalue weighted by Crippen LogP contribution is 2.25. The van der Waals surface area contributed by atoms with Gasteiger partial charge in [-0.3, -0.25) is 0 Å². The lowest BCUT2D eigenvalue weighted by molar-refractivity contribution is -0.0991. The zero-order chi connectivity index (χ0) is 12.8. The number of hydrogen-bond acceptors (Lipinski definition) is 3. The van der Waals surface area contributed by atoms with E-state index in [9.17, 15) is 0 Å². The molecule has 0 aromatic heterocycles. The van der Waals surface area contributed by atoms with E-state index in [4.69, 9.17) is 9.47 Å². The first-order chi connectivity index (χ1) is 8.72. The molecule has 3 heteroatoms.